The van der Waals surface area contributed by atoms with Gasteiger partial charge in [-0.15, -0.1) is 16.8 Å². The van der Waals surface area contributed by atoms with E-state index in [9.17, 15) is 5.11 Å². The number of aliphatic hydroxyl groups is 1. The van der Waals surface area contributed by atoms with Crippen molar-refractivity contribution in [3.8, 4) is 11.5 Å². The predicted molar refractivity (Wildman–Crippen MR) is 94.8 cm³/mol. The highest BCUT2D eigenvalue weighted by atomic mass is 32.2. The van der Waals surface area contributed by atoms with Crippen LogP contribution in [0.4, 0.5) is 0 Å². The van der Waals surface area contributed by atoms with Crippen LogP contribution in [0.5, 0.6) is 11.5 Å². The van der Waals surface area contributed by atoms with Crippen molar-refractivity contribution in [1.82, 2.24) is 14.8 Å². The number of hydrogen-bond donors (Lipinski definition) is 1. The maximum atomic E-state index is 10.1. The monoisotopic (exact) mass is 349 g/mol. The van der Waals surface area contributed by atoms with Crippen molar-refractivity contribution >= 4 is 11.8 Å². The summed E-state index contributed by atoms with van der Waals surface area (Å²) in [7, 11) is 0. The van der Waals surface area contributed by atoms with Gasteiger partial charge in [-0.2, -0.15) is 0 Å². The molecule has 1 atom stereocenters. The lowest BCUT2D eigenvalue weighted by Crippen LogP contribution is -2.20. The number of allylic oxidation sites excluding steroid dienone is 1. The van der Waals surface area contributed by atoms with Crippen LogP contribution in [0.25, 0.3) is 0 Å². The lowest BCUT2D eigenvalue weighted by molar-refractivity contribution is 0.126. The van der Waals surface area contributed by atoms with Crippen LogP contribution >= 0.6 is 11.8 Å². The summed E-state index contributed by atoms with van der Waals surface area (Å²) in [6, 6.07) is 7.35. The molecular formula is C17H23N3O3S. The largest absolute Gasteiger partial charge is 0.494 e. The molecule has 1 aromatic carbocycles. The smallest absolute Gasteiger partial charge is 0.191 e. The van der Waals surface area contributed by atoms with Gasteiger partial charge in [-0.1, -0.05) is 17.8 Å². The molecule has 1 N–H and O–H groups in total. The van der Waals surface area contributed by atoms with Gasteiger partial charge >= 0.3 is 0 Å². The molecule has 0 aliphatic carbocycles. The Morgan fingerprint density at radius 3 is 2.54 bits per heavy atom. The van der Waals surface area contributed by atoms with E-state index in [4.69, 9.17) is 9.47 Å². The third-order valence-corrected chi connectivity index (χ3v) is 4.31. The van der Waals surface area contributed by atoms with Crippen molar-refractivity contribution in [2.45, 2.75) is 31.7 Å². The van der Waals surface area contributed by atoms with Crippen molar-refractivity contribution in [3.63, 3.8) is 0 Å². The quantitative estimate of drug-likeness (QED) is 0.525. The topological polar surface area (TPSA) is 69.4 Å². The number of rotatable bonds is 10. The minimum atomic E-state index is -0.601. The Balaban J connectivity index is 1.79. The van der Waals surface area contributed by atoms with Crippen LogP contribution in [0.2, 0.25) is 0 Å². The molecule has 0 aliphatic heterocycles. The van der Waals surface area contributed by atoms with Crippen molar-refractivity contribution in [3.05, 3.63) is 42.7 Å². The molecule has 6 nitrogen and oxygen atoms in total. The molecule has 0 fully saturated rings. The summed E-state index contributed by atoms with van der Waals surface area (Å²) < 4.78 is 12.9. The minimum absolute atomic E-state index is 0.218. The van der Waals surface area contributed by atoms with E-state index in [1.165, 1.54) is 11.8 Å². The van der Waals surface area contributed by atoms with Crippen molar-refractivity contribution < 1.29 is 14.6 Å². The van der Waals surface area contributed by atoms with E-state index in [1.807, 2.05) is 42.7 Å². The van der Waals surface area contributed by atoms with E-state index in [0.29, 0.717) is 24.7 Å². The lowest BCUT2D eigenvalue weighted by atomic mass is 10.3. The number of aliphatic hydroxyl groups excluding tert-OH is 1. The van der Waals surface area contributed by atoms with Crippen molar-refractivity contribution in [2.75, 3.05) is 19.0 Å². The SMILES string of the molecule is C=CCn1c(C)nnc1SCC(O)COc1ccc(OCC)cc1. The highest BCUT2D eigenvalue weighted by Gasteiger charge is 2.12. The zero-order chi connectivity index (χ0) is 17.4. The molecule has 130 valence electrons. The summed E-state index contributed by atoms with van der Waals surface area (Å²) in [6.07, 6.45) is 1.20. The summed E-state index contributed by atoms with van der Waals surface area (Å²) in [4.78, 5) is 0. The molecule has 0 aliphatic rings. The summed E-state index contributed by atoms with van der Waals surface area (Å²) >= 11 is 1.45. The van der Waals surface area contributed by atoms with Crippen molar-refractivity contribution in [1.29, 1.82) is 0 Å². The molecule has 24 heavy (non-hydrogen) atoms. The number of ether oxygens (including phenoxy) is 2. The fourth-order valence-electron chi connectivity index (χ4n) is 2.02. The van der Waals surface area contributed by atoms with Crippen LogP contribution in [0.15, 0.2) is 42.1 Å². The van der Waals surface area contributed by atoms with E-state index in [0.717, 1.165) is 16.7 Å². The van der Waals surface area contributed by atoms with Gasteiger partial charge in [0.1, 0.15) is 23.9 Å². The first kappa shape index (κ1) is 18.4. The van der Waals surface area contributed by atoms with Gasteiger partial charge in [0.15, 0.2) is 5.16 Å². The zero-order valence-electron chi connectivity index (χ0n) is 14.0. The molecular weight excluding hydrogens is 326 g/mol. The van der Waals surface area contributed by atoms with Gasteiger partial charge in [-0.25, -0.2) is 0 Å². The van der Waals surface area contributed by atoms with E-state index in [-0.39, 0.29) is 6.61 Å². The second kappa shape index (κ2) is 9.34. The number of benzene rings is 1. The van der Waals surface area contributed by atoms with E-state index in [1.54, 1.807) is 6.08 Å². The van der Waals surface area contributed by atoms with E-state index < -0.39 is 6.10 Å². The first-order chi connectivity index (χ1) is 11.6. The molecule has 7 heteroatoms. The van der Waals surface area contributed by atoms with Gasteiger partial charge in [0.05, 0.1) is 12.7 Å². The molecule has 2 rings (SSSR count). The molecule has 2 aromatic rings. The lowest BCUT2D eigenvalue weighted by Gasteiger charge is -2.12. The highest BCUT2D eigenvalue weighted by molar-refractivity contribution is 7.99. The van der Waals surface area contributed by atoms with Crippen LogP contribution in [-0.2, 0) is 6.54 Å². The number of thioether (sulfide) groups is 1. The second-order valence-electron chi connectivity index (χ2n) is 5.11. The molecule has 0 bridgehead atoms. The fourth-order valence-corrected chi connectivity index (χ4v) is 2.92. The Kier molecular flexibility index (Phi) is 7.14. The van der Waals surface area contributed by atoms with E-state index in [2.05, 4.69) is 16.8 Å². The minimum Gasteiger partial charge on any atom is -0.494 e. The Morgan fingerprint density at radius 2 is 1.92 bits per heavy atom. The van der Waals surface area contributed by atoms with Crippen molar-refractivity contribution in [2.24, 2.45) is 0 Å². The molecule has 0 spiro atoms. The van der Waals surface area contributed by atoms with Gasteiger partial charge in [0, 0.05) is 12.3 Å². The average Bonchev–Trinajstić information content (AvgIpc) is 2.93. The first-order valence-corrected chi connectivity index (χ1v) is 8.79. The van der Waals surface area contributed by atoms with Gasteiger partial charge in [-0.3, -0.25) is 0 Å². The van der Waals surface area contributed by atoms with Gasteiger partial charge in [0.2, 0.25) is 0 Å². The summed E-state index contributed by atoms with van der Waals surface area (Å²) in [6.45, 7) is 9.07. The first-order valence-electron chi connectivity index (χ1n) is 7.81. The van der Waals surface area contributed by atoms with E-state index >= 15 is 0 Å². The molecule has 0 saturated carbocycles. The van der Waals surface area contributed by atoms with Gasteiger partial charge in [-0.05, 0) is 38.1 Å². The molecule has 1 aromatic heterocycles. The van der Waals surface area contributed by atoms with Gasteiger partial charge < -0.3 is 19.1 Å². The Labute approximate surface area is 146 Å². The van der Waals surface area contributed by atoms with Crippen LogP contribution in [0, 0.1) is 6.92 Å². The number of aryl methyl sites for hydroxylation is 1. The van der Waals surface area contributed by atoms with Crippen LogP contribution < -0.4 is 9.47 Å². The fraction of sp³-hybridized carbons (Fsp3) is 0.412. The Morgan fingerprint density at radius 1 is 1.25 bits per heavy atom. The summed E-state index contributed by atoms with van der Waals surface area (Å²) in [5.74, 6) is 2.82. The van der Waals surface area contributed by atoms with Gasteiger partial charge in [0.25, 0.3) is 0 Å². The Bertz CT molecular complexity index is 643. The van der Waals surface area contributed by atoms with Crippen LogP contribution in [0.1, 0.15) is 12.7 Å². The summed E-state index contributed by atoms with van der Waals surface area (Å²) in [5, 5.41) is 19.0. The second-order valence-corrected chi connectivity index (χ2v) is 6.10. The standard InChI is InChI=1S/C17H23N3O3S/c1-4-10-20-13(3)18-19-17(20)24-12-14(21)11-23-16-8-6-15(7-9-16)22-5-2/h4,6-9,14,21H,1,5,10-12H2,2-3H3. The maximum absolute atomic E-state index is 10.1. The Hall–Kier alpha value is -1.99. The normalized spacial score (nSPS) is 12.0. The maximum Gasteiger partial charge on any atom is 0.191 e. The van der Waals surface area contributed by atoms with Crippen LogP contribution in [0.3, 0.4) is 0 Å². The zero-order valence-corrected chi connectivity index (χ0v) is 14.8. The third kappa shape index (κ3) is 5.28. The molecule has 0 amide bonds. The number of hydrogen-bond acceptors (Lipinski definition) is 6. The van der Waals surface area contributed by atoms with Crippen LogP contribution in [-0.4, -0.2) is 44.9 Å². The highest BCUT2D eigenvalue weighted by Crippen LogP contribution is 2.20. The number of aromatic nitrogens is 3. The molecule has 0 saturated heterocycles. The molecule has 1 unspecified atom stereocenters. The summed E-state index contributed by atoms with van der Waals surface area (Å²) in [5.41, 5.74) is 0. The number of nitrogens with zero attached hydrogens (tertiary/aromatic N) is 3. The molecule has 0 radical (unpaired) electrons. The molecule has 1 heterocycles. The predicted octanol–water partition coefficient (Wildman–Crippen LogP) is 2.70. The average molecular weight is 349 g/mol. The third-order valence-electron chi connectivity index (χ3n) is 3.20.